The third-order valence-corrected chi connectivity index (χ3v) is 7.77. The first kappa shape index (κ1) is 18.0. The minimum absolute atomic E-state index is 0.0870. The highest BCUT2D eigenvalue weighted by Gasteiger charge is 2.61. The quantitative estimate of drug-likeness (QED) is 0.778. The number of aliphatic hydroxyl groups excluding tert-OH is 1. The summed E-state index contributed by atoms with van der Waals surface area (Å²) in [6, 6.07) is -0.343. The highest BCUT2D eigenvalue weighted by atomic mass is 16.3. The van der Waals surface area contributed by atoms with Crippen LogP contribution in [0.25, 0.3) is 0 Å². The van der Waals surface area contributed by atoms with Gasteiger partial charge in [0.05, 0.1) is 12.6 Å². The molecule has 3 aliphatic carbocycles. The Hall–Kier alpha value is -1.43. The summed E-state index contributed by atoms with van der Waals surface area (Å²) in [5.74, 6) is 0.896. The second-order valence-corrected chi connectivity index (χ2v) is 9.15. The van der Waals surface area contributed by atoms with Crippen LogP contribution in [0, 0.1) is 23.7 Å². The minimum Gasteiger partial charge on any atom is -0.393 e. The normalized spacial score (nSPS) is 42.8. The summed E-state index contributed by atoms with van der Waals surface area (Å²) in [5.41, 5.74) is -0.816. The molecule has 3 amide bonds. The Morgan fingerprint density at radius 2 is 1.92 bits per heavy atom. The van der Waals surface area contributed by atoms with Crippen molar-refractivity contribution in [1.29, 1.82) is 0 Å². The number of imide groups is 1. The Kier molecular flexibility index (Phi) is 4.37. The van der Waals surface area contributed by atoms with Crippen molar-refractivity contribution >= 4 is 17.7 Å². The fraction of sp³-hybridized carbons (Fsp3) is 0.850. The van der Waals surface area contributed by atoms with Crippen molar-refractivity contribution in [3.63, 3.8) is 0 Å². The van der Waals surface area contributed by atoms with E-state index < -0.39 is 11.6 Å². The average molecular weight is 362 g/mol. The van der Waals surface area contributed by atoms with E-state index in [1.54, 1.807) is 11.9 Å². The van der Waals surface area contributed by atoms with Gasteiger partial charge in [-0.1, -0.05) is 12.8 Å². The molecule has 0 aromatic heterocycles. The first-order chi connectivity index (χ1) is 12.3. The van der Waals surface area contributed by atoms with Crippen LogP contribution >= 0.6 is 0 Å². The number of aliphatic hydroxyl groups is 1. The maximum atomic E-state index is 13.3. The number of carbonyl (C=O) groups excluding carboxylic acids is 3. The second kappa shape index (κ2) is 6.32. The van der Waals surface area contributed by atoms with Crippen molar-refractivity contribution in [2.45, 2.75) is 69.9 Å². The number of fused-ring (bicyclic) bond motifs is 2. The molecule has 0 aromatic carbocycles. The standard InChI is InChI=1S/C20H30N2O4/c1-20(16-9-12-6-7-13(16)8-12)18(25)22(19(26)21(20)2)11-17(24)14-4-3-5-15(23)10-14/h12-16,23H,3-11H2,1-2H3/t12-,13+,14?,15?,16-,20?/m1/s1. The van der Waals surface area contributed by atoms with E-state index in [0.717, 1.165) is 32.1 Å². The third-order valence-electron chi connectivity index (χ3n) is 7.77. The molecule has 26 heavy (non-hydrogen) atoms. The molecule has 4 rings (SSSR count). The number of rotatable bonds is 4. The molecule has 6 atom stereocenters. The minimum atomic E-state index is -0.816. The van der Waals surface area contributed by atoms with Gasteiger partial charge in [-0.25, -0.2) is 4.79 Å². The summed E-state index contributed by atoms with van der Waals surface area (Å²) in [6.45, 7) is 1.75. The maximum Gasteiger partial charge on any atom is 0.327 e. The number of likely N-dealkylation sites (N-methyl/N-ethyl adjacent to an activating group) is 1. The number of urea groups is 1. The van der Waals surface area contributed by atoms with Gasteiger partial charge in [-0.3, -0.25) is 14.5 Å². The number of amides is 3. The zero-order chi connectivity index (χ0) is 18.6. The molecule has 4 fully saturated rings. The van der Waals surface area contributed by atoms with E-state index in [2.05, 4.69) is 0 Å². The fourth-order valence-electron chi connectivity index (χ4n) is 6.10. The van der Waals surface area contributed by atoms with Gasteiger partial charge in [-0.2, -0.15) is 0 Å². The topological polar surface area (TPSA) is 77.9 Å². The molecule has 1 saturated heterocycles. The SMILES string of the molecule is CN1C(=O)N(CC(=O)C2CCCC(O)C2)C(=O)C1(C)[C@@H]1C[C@@H]2CC[C@H]1C2. The van der Waals surface area contributed by atoms with E-state index in [-0.39, 0.29) is 36.1 Å². The van der Waals surface area contributed by atoms with Gasteiger partial charge in [0.1, 0.15) is 5.54 Å². The predicted molar refractivity (Wildman–Crippen MR) is 95.2 cm³/mol. The highest BCUT2D eigenvalue weighted by molar-refractivity contribution is 6.09. The molecule has 2 bridgehead atoms. The lowest BCUT2D eigenvalue weighted by molar-refractivity contribution is -0.139. The molecule has 3 saturated carbocycles. The average Bonchev–Trinajstić information content (AvgIpc) is 3.30. The van der Waals surface area contributed by atoms with Crippen molar-refractivity contribution in [2.24, 2.45) is 23.7 Å². The summed E-state index contributed by atoms with van der Waals surface area (Å²) in [5, 5.41) is 9.81. The zero-order valence-corrected chi connectivity index (χ0v) is 15.8. The Labute approximate surface area is 154 Å². The van der Waals surface area contributed by atoms with E-state index in [0.29, 0.717) is 18.3 Å². The molecule has 3 unspecified atom stereocenters. The molecule has 6 nitrogen and oxygen atoms in total. The molecule has 1 N–H and O–H groups in total. The summed E-state index contributed by atoms with van der Waals surface area (Å²) < 4.78 is 0. The van der Waals surface area contributed by atoms with Crippen molar-refractivity contribution in [1.82, 2.24) is 9.80 Å². The molecule has 4 aliphatic rings. The summed E-state index contributed by atoms with van der Waals surface area (Å²) >= 11 is 0. The summed E-state index contributed by atoms with van der Waals surface area (Å²) in [7, 11) is 1.71. The van der Waals surface area contributed by atoms with Crippen molar-refractivity contribution in [3.05, 3.63) is 0 Å². The van der Waals surface area contributed by atoms with E-state index in [1.807, 2.05) is 6.92 Å². The Balaban J connectivity index is 1.50. The lowest BCUT2D eigenvalue weighted by Gasteiger charge is -2.39. The lowest BCUT2D eigenvalue weighted by Crippen LogP contribution is -2.53. The number of ketones is 1. The van der Waals surface area contributed by atoms with Gasteiger partial charge < -0.3 is 10.0 Å². The Morgan fingerprint density at radius 1 is 1.15 bits per heavy atom. The van der Waals surface area contributed by atoms with Gasteiger partial charge in [-0.15, -0.1) is 0 Å². The van der Waals surface area contributed by atoms with Crippen molar-refractivity contribution in [3.8, 4) is 0 Å². The molecule has 0 aromatic rings. The van der Waals surface area contributed by atoms with Crippen LogP contribution in [0.5, 0.6) is 0 Å². The number of carbonyl (C=O) groups is 3. The van der Waals surface area contributed by atoms with Crippen LogP contribution < -0.4 is 0 Å². The number of hydrogen-bond acceptors (Lipinski definition) is 4. The lowest BCUT2D eigenvalue weighted by atomic mass is 9.74. The zero-order valence-electron chi connectivity index (χ0n) is 15.8. The van der Waals surface area contributed by atoms with Gasteiger partial charge in [0.25, 0.3) is 5.91 Å². The van der Waals surface area contributed by atoms with Crippen LogP contribution in [0.1, 0.15) is 58.3 Å². The molecule has 1 aliphatic heterocycles. The van der Waals surface area contributed by atoms with E-state index in [1.165, 1.54) is 17.7 Å². The highest BCUT2D eigenvalue weighted by Crippen LogP contribution is 2.54. The molecule has 144 valence electrons. The van der Waals surface area contributed by atoms with E-state index in [9.17, 15) is 19.5 Å². The van der Waals surface area contributed by atoms with E-state index in [4.69, 9.17) is 0 Å². The van der Waals surface area contributed by atoms with Crippen LogP contribution in [0.3, 0.4) is 0 Å². The number of nitrogens with zero attached hydrogens (tertiary/aromatic N) is 2. The molecule has 0 radical (unpaired) electrons. The Bertz CT molecular complexity index is 635. The fourth-order valence-corrected chi connectivity index (χ4v) is 6.10. The number of hydrogen-bond donors (Lipinski definition) is 1. The van der Waals surface area contributed by atoms with Crippen LogP contribution in [0.4, 0.5) is 4.79 Å². The van der Waals surface area contributed by atoms with Crippen LogP contribution in [0.15, 0.2) is 0 Å². The first-order valence-corrected chi connectivity index (χ1v) is 10.1. The molecule has 0 spiro atoms. The summed E-state index contributed by atoms with van der Waals surface area (Å²) in [6.07, 6.45) is 6.90. The second-order valence-electron chi connectivity index (χ2n) is 9.15. The first-order valence-electron chi connectivity index (χ1n) is 10.1. The van der Waals surface area contributed by atoms with Gasteiger partial charge in [0.2, 0.25) is 0 Å². The van der Waals surface area contributed by atoms with E-state index >= 15 is 0 Å². The van der Waals surface area contributed by atoms with Crippen molar-refractivity contribution in [2.75, 3.05) is 13.6 Å². The Morgan fingerprint density at radius 3 is 2.54 bits per heavy atom. The van der Waals surface area contributed by atoms with Gasteiger partial charge in [0, 0.05) is 13.0 Å². The molecule has 1 heterocycles. The predicted octanol–water partition coefficient (Wildman–Crippen LogP) is 2.20. The molecular formula is C20H30N2O4. The molecule has 6 heteroatoms. The molecular weight excluding hydrogens is 332 g/mol. The maximum absolute atomic E-state index is 13.3. The van der Waals surface area contributed by atoms with Gasteiger partial charge >= 0.3 is 6.03 Å². The van der Waals surface area contributed by atoms with Crippen LogP contribution in [0.2, 0.25) is 0 Å². The monoisotopic (exact) mass is 362 g/mol. The van der Waals surface area contributed by atoms with Crippen LogP contribution in [-0.4, -0.2) is 57.9 Å². The van der Waals surface area contributed by atoms with Crippen molar-refractivity contribution < 1.29 is 19.5 Å². The van der Waals surface area contributed by atoms with Crippen LogP contribution in [-0.2, 0) is 9.59 Å². The largest absolute Gasteiger partial charge is 0.393 e. The number of Topliss-reactive ketones (excluding diaryl/α,β-unsaturated/α-hetero) is 1. The van der Waals surface area contributed by atoms with Gasteiger partial charge in [0.15, 0.2) is 5.78 Å². The third kappa shape index (κ3) is 2.60. The summed E-state index contributed by atoms with van der Waals surface area (Å²) in [4.78, 5) is 41.5. The smallest absolute Gasteiger partial charge is 0.327 e. The van der Waals surface area contributed by atoms with Gasteiger partial charge in [-0.05, 0) is 63.2 Å².